The molecular formula is C35H43F3O2S. The summed E-state index contributed by atoms with van der Waals surface area (Å²) in [6.07, 6.45) is 3.23. The van der Waals surface area contributed by atoms with Crippen LogP contribution in [0.3, 0.4) is 0 Å². The molecule has 41 heavy (non-hydrogen) atoms. The third-order valence-electron chi connectivity index (χ3n) is 6.54. The topological polar surface area (TPSA) is 26.3 Å². The van der Waals surface area contributed by atoms with E-state index in [9.17, 15) is 18.0 Å². The second-order valence-corrected chi connectivity index (χ2v) is 10.5. The molecule has 0 atom stereocenters. The van der Waals surface area contributed by atoms with Crippen molar-refractivity contribution in [2.75, 3.05) is 0 Å². The maximum absolute atomic E-state index is 12.0. The number of aldehydes is 1. The predicted molar refractivity (Wildman–Crippen MR) is 167 cm³/mol. The average molecular weight is 585 g/mol. The van der Waals surface area contributed by atoms with Gasteiger partial charge in [0.25, 0.3) is 0 Å². The standard InChI is InChI=1S/C20H22OS.C9H9F3.C4H6O.C2H6/c1-3-7-16-8-5-6-9-17(16)13-21-18-10-11-19-15(4-2)14-22-20(19)12-18;1-2-7-3-5-8(6-4-7)9(10,11)12;5-3-4-1-2-4;1-2/h5-6,8-12,14H,3-4,7,13H2,1-2H3;3-6H,2H2,1H3;3-4H,1-2H2;1-2H3. The van der Waals surface area contributed by atoms with Crippen molar-refractivity contribution in [2.24, 2.45) is 5.92 Å². The van der Waals surface area contributed by atoms with Gasteiger partial charge in [0.1, 0.15) is 18.6 Å². The Morgan fingerprint density at radius 2 is 1.54 bits per heavy atom. The Morgan fingerprint density at radius 1 is 0.878 bits per heavy atom. The largest absolute Gasteiger partial charge is 0.489 e. The number of aryl methyl sites for hydroxylation is 3. The van der Waals surface area contributed by atoms with Crippen molar-refractivity contribution in [2.45, 2.75) is 85.9 Å². The molecule has 1 saturated carbocycles. The molecular weight excluding hydrogens is 541 g/mol. The molecule has 0 aliphatic heterocycles. The van der Waals surface area contributed by atoms with E-state index in [-0.39, 0.29) is 0 Å². The molecule has 0 bridgehead atoms. The van der Waals surface area contributed by atoms with Crippen LogP contribution in [0, 0.1) is 5.92 Å². The van der Waals surface area contributed by atoms with Gasteiger partial charge in [-0.15, -0.1) is 11.3 Å². The van der Waals surface area contributed by atoms with Gasteiger partial charge in [0.05, 0.1) is 5.56 Å². The molecule has 2 nitrogen and oxygen atoms in total. The van der Waals surface area contributed by atoms with Gasteiger partial charge in [0.2, 0.25) is 0 Å². The zero-order chi connectivity index (χ0) is 30.3. The molecule has 222 valence electrons. The van der Waals surface area contributed by atoms with Crippen LogP contribution in [-0.4, -0.2) is 6.29 Å². The number of carbonyl (C=O) groups excluding carboxylic acids is 1. The SMILES string of the molecule is CC.CCCc1ccccc1COc1ccc2c(CC)csc2c1.CCc1ccc(C(F)(F)F)cc1.O=CC1CC1. The quantitative estimate of drug-likeness (QED) is 0.193. The molecule has 0 unspecified atom stereocenters. The van der Waals surface area contributed by atoms with Gasteiger partial charge in [-0.25, -0.2) is 0 Å². The molecule has 1 aliphatic rings. The van der Waals surface area contributed by atoms with Crippen LogP contribution in [0.2, 0.25) is 0 Å². The highest BCUT2D eigenvalue weighted by Gasteiger charge is 2.29. The van der Waals surface area contributed by atoms with Crippen LogP contribution < -0.4 is 4.74 Å². The highest BCUT2D eigenvalue weighted by molar-refractivity contribution is 7.17. The fourth-order valence-corrected chi connectivity index (χ4v) is 5.03. The smallest absolute Gasteiger partial charge is 0.416 e. The lowest BCUT2D eigenvalue weighted by atomic mass is 10.0. The van der Waals surface area contributed by atoms with Gasteiger partial charge in [0, 0.05) is 10.6 Å². The molecule has 6 heteroatoms. The van der Waals surface area contributed by atoms with Crippen LogP contribution >= 0.6 is 11.3 Å². The molecule has 1 heterocycles. The average Bonchev–Trinajstić information content (AvgIpc) is 3.76. The number of ether oxygens (including phenoxy) is 1. The fraction of sp³-hybridized carbons (Fsp3) is 0.400. The highest BCUT2D eigenvalue weighted by atomic mass is 32.1. The van der Waals surface area contributed by atoms with E-state index in [2.05, 4.69) is 61.7 Å². The van der Waals surface area contributed by atoms with E-state index in [0.29, 0.717) is 12.5 Å². The summed E-state index contributed by atoms with van der Waals surface area (Å²) in [5.74, 6) is 1.42. The van der Waals surface area contributed by atoms with E-state index in [1.54, 1.807) is 11.3 Å². The van der Waals surface area contributed by atoms with Crippen LogP contribution in [0.4, 0.5) is 13.2 Å². The Labute approximate surface area is 247 Å². The lowest BCUT2D eigenvalue weighted by Gasteiger charge is -2.10. The molecule has 0 amide bonds. The van der Waals surface area contributed by atoms with Gasteiger partial charge < -0.3 is 9.53 Å². The normalized spacial score (nSPS) is 12.2. The van der Waals surface area contributed by atoms with Gasteiger partial charge in [-0.3, -0.25) is 0 Å². The first-order valence-electron chi connectivity index (χ1n) is 14.6. The van der Waals surface area contributed by atoms with Gasteiger partial charge in [-0.1, -0.05) is 77.4 Å². The van der Waals surface area contributed by atoms with Crippen LogP contribution in [0.1, 0.15) is 81.7 Å². The zero-order valence-corrected chi connectivity index (χ0v) is 25.7. The number of halogens is 3. The number of benzene rings is 3. The highest BCUT2D eigenvalue weighted by Crippen LogP contribution is 2.31. The van der Waals surface area contributed by atoms with Crippen molar-refractivity contribution < 1.29 is 22.7 Å². The maximum atomic E-state index is 12.0. The predicted octanol–water partition coefficient (Wildman–Crippen LogP) is 10.9. The van der Waals surface area contributed by atoms with E-state index in [1.165, 1.54) is 38.9 Å². The summed E-state index contributed by atoms with van der Waals surface area (Å²) >= 11 is 1.81. The summed E-state index contributed by atoms with van der Waals surface area (Å²) in [6.45, 7) is 11.0. The number of thiophene rings is 1. The minimum Gasteiger partial charge on any atom is -0.489 e. The minimum atomic E-state index is -4.22. The summed E-state index contributed by atoms with van der Waals surface area (Å²) < 4.78 is 43.4. The van der Waals surface area contributed by atoms with Gasteiger partial charge in [0.15, 0.2) is 0 Å². The number of alkyl halides is 3. The zero-order valence-electron chi connectivity index (χ0n) is 24.9. The Balaban J connectivity index is 0.000000258. The molecule has 1 fully saturated rings. The summed E-state index contributed by atoms with van der Waals surface area (Å²) in [6, 6.07) is 20.3. The van der Waals surface area contributed by atoms with Gasteiger partial charge >= 0.3 is 6.18 Å². The monoisotopic (exact) mass is 584 g/mol. The number of hydrogen-bond acceptors (Lipinski definition) is 3. The van der Waals surface area contributed by atoms with E-state index in [0.717, 1.165) is 68.3 Å². The van der Waals surface area contributed by atoms with E-state index < -0.39 is 11.7 Å². The molecule has 0 saturated heterocycles. The third-order valence-corrected chi connectivity index (χ3v) is 7.54. The van der Waals surface area contributed by atoms with Crippen LogP contribution in [0.15, 0.2) is 72.1 Å². The molecule has 5 rings (SSSR count). The number of fused-ring (bicyclic) bond motifs is 1. The van der Waals surface area contributed by atoms with Crippen molar-refractivity contribution in [3.8, 4) is 5.75 Å². The minimum absolute atomic E-state index is 0.454. The van der Waals surface area contributed by atoms with Crippen molar-refractivity contribution in [3.05, 3.63) is 99.9 Å². The molecule has 0 radical (unpaired) electrons. The number of rotatable bonds is 8. The second kappa shape index (κ2) is 17.6. The summed E-state index contributed by atoms with van der Waals surface area (Å²) in [5, 5.41) is 3.62. The van der Waals surface area contributed by atoms with E-state index >= 15 is 0 Å². The van der Waals surface area contributed by atoms with E-state index in [4.69, 9.17) is 4.74 Å². The Kier molecular flexibility index (Phi) is 14.7. The van der Waals surface area contributed by atoms with Crippen molar-refractivity contribution in [1.82, 2.24) is 0 Å². The Hall–Kier alpha value is -3.12. The first-order chi connectivity index (χ1) is 19.8. The number of hydrogen-bond donors (Lipinski definition) is 0. The second-order valence-electron chi connectivity index (χ2n) is 9.60. The Bertz CT molecular complexity index is 1310. The van der Waals surface area contributed by atoms with Crippen LogP contribution in [0.5, 0.6) is 5.75 Å². The lowest BCUT2D eigenvalue weighted by Crippen LogP contribution is -2.04. The summed E-state index contributed by atoms with van der Waals surface area (Å²) in [7, 11) is 0. The van der Waals surface area contributed by atoms with E-state index in [1.807, 2.05) is 20.8 Å². The molecule has 4 aromatic rings. The van der Waals surface area contributed by atoms with Gasteiger partial charge in [-0.05, 0) is 95.5 Å². The molecule has 0 spiro atoms. The fourth-order valence-electron chi connectivity index (χ4n) is 3.96. The molecule has 0 N–H and O–H groups in total. The lowest BCUT2D eigenvalue weighted by molar-refractivity contribution is -0.137. The molecule has 1 aliphatic carbocycles. The molecule has 1 aromatic heterocycles. The maximum Gasteiger partial charge on any atom is 0.416 e. The van der Waals surface area contributed by atoms with Gasteiger partial charge in [-0.2, -0.15) is 13.2 Å². The summed E-state index contributed by atoms with van der Waals surface area (Å²) in [4.78, 5) is 9.57. The third kappa shape index (κ3) is 11.3. The molecule has 3 aromatic carbocycles. The number of carbonyl (C=O) groups is 1. The van der Waals surface area contributed by atoms with Crippen LogP contribution in [0.25, 0.3) is 10.1 Å². The van der Waals surface area contributed by atoms with Crippen molar-refractivity contribution in [1.29, 1.82) is 0 Å². The van der Waals surface area contributed by atoms with Crippen LogP contribution in [-0.2, 0) is 36.8 Å². The first kappa shape index (κ1) is 34.1. The Morgan fingerprint density at radius 3 is 2.05 bits per heavy atom. The van der Waals surface area contributed by atoms with Crippen molar-refractivity contribution in [3.63, 3.8) is 0 Å². The summed E-state index contributed by atoms with van der Waals surface area (Å²) in [5.41, 5.74) is 4.46. The van der Waals surface area contributed by atoms with Crippen molar-refractivity contribution >= 4 is 27.7 Å². The first-order valence-corrected chi connectivity index (χ1v) is 15.5.